The number of aromatic hydroxyl groups is 1. The Labute approximate surface area is 218 Å². The normalized spacial score (nSPS) is 27.8. The molecule has 3 aliphatic carbocycles. The quantitative estimate of drug-likeness (QED) is 0.417. The monoisotopic (exact) mass is 503 g/mol. The molecule has 6 heteroatoms. The molecule has 0 aliphatic heterocycles. The molecule has 1 aromatic heterocycles. The van der Waals surface area contributed by atoms with Gasteiger partial charge in [-0.2, -0.15) is 0 Å². The van der Waals surface area contributed by atoms with E-state index in [4.69, 9.17) is 9.47 Å². The average Bonchev–Trinajstić information content (AvgIpc) is 3.19. The molecular weight excluding hydrogens is 466 g/mol. The fourth-order valence-electron chi connectivity index (χ4n) is 7.51. The highest BCUT2D eigenvalue weighted by atomic mass is 16.5. The first-order valence-electron chi connectivity index (χ1n) is 13.4. The molecular formula is C31H37NO5. The van der Waals surface area contributed by atoms with E-state index in [0.717, 1.165) is 35.7 Å². The lowest BCUT2D eigenvalue weighted by Gasteiger charge is -2.50. The molecule has 5 unspecified atom stereocenters. The molecule has 0 bridgehead atoms. The molecule has 0 amide bonds. The van der Waals surface area contributed by atoms with E-state index < -0.39 is 0 Å². The number of carbonyl (C=O) groups is 1. The van der Waals surface area contributed by atoms with Gasteiger partial charge in [0, 0.05) is 23.8 Å². The Morgan fingerprint density at radius 1 is 1.11 bits per heavy atom. The summed E-state index contributed by atoms with van der Waals surface area (Å²) in [7, 11) is 1.59. The summed E-state index contributed by atoms with van der Waals surface area (Å²) >= 11 is 0. The van der Waals surface area contributed by atoms with E-state index in [2.05, 4.69) is 18.0 Å². The van der Waals surface area contributed by atoms with Gasteiger partial charge in [-0.15, -0.1) is 0 Å². The fraction of sp³-hybridized carbons (Fsp3) is 0.484. The van der Waals surface area contributed by atoms with E-state index in [1.54, 1.807) is 13.2 Å². The minimum Gasteiger partial charge on any atom is -0.508 e. The van der Waals surface area contributed by atoms with Crippen LogP contribution in [0.25, 0.3) is 10.9 Å². The number of esters is 1. The summed E-state index contributed by atoms with van der Waals surface area (Å²) in [5.41, 5.74) is 4.57. The number of aromatic nitrogens is 1. The van der Waals surface area contributed by atoms with Crippen LogP contribution in [0.5, 0.6) is 11.5 Å². The lowest BCUT2D eigenvalue weighted by molar-refractivity contribution is -0.154. The van der Waals surface area contributed by atoms with Crippen LogP contribution in [-0.2, 0) is 16.0 Å². The van der Waals surface area contributed by atoms with Crippen molar-refractivity contribution < 1.29 is 19.4 Å². The Balaban J connectivity index is 0.000000171. The van der Waals surface area contributed by atoms with Gasteiger partial charge in [-0.25, -0.2) is 0 Å². The zero-order chi connectivity index (χ0) is 26.3. The van der Waals surface area contributed by atoms with Crippen molar-refractivity contribution in [2.75, 3.05) is 7.11 Å². The number of para-hydroxylation sites is 1. The van der Waals surface area contributed by atoms with Gasteiger partial charge in [0.25, 0.3) is 0 Å². The van der Waals surface area contributed by atoms with Crippen LogP contribution in [0.3, 0.4) is 0 Å². The minimum absolute atomic E-state index is 0.0977. The summed E-state index contributed by atoms with van der Waals surface area (Å²) in [5.74, 6) is 2.93. The number of fused-ring (bicyclic) bond motifs is 6. The molecule has 2 saturated carbocycles. The molecule has 0 spiro atoms. The number of phenolic OH excluding ortho intramolecular Hbond substituents is 1. The van der Waals surface area contributed by atoms with Crippen LogP contribution in [0.4, 0.5) is 0 Å². The molecule has 6 rings (SSSR count). The van der Waals surface area contributed by atoms with Crippen molar-refractivity contribution in [3.8, 4) is 11.5 Å². The Kier molecular flexibility index (Phi) is 6.78. The van der Waals surface area contributed by atoms with Crippen molar-refractivity contribution in [3.05, 3.63) is 69.5 Å². The SMILES string of the molecule is CC(=O)OC1CCC2C3CCc4cc(O)ccc4C3CCC12C.COc1cccc2c(C)cc(=O)[nH]c12. The van der Waals surface area contributed by atoms with E-state index in [0.29, 0.717) is 29.3 Å². The number of benzene rings is 2. The number of hydrogen-bond acceptors (Lipinski definition) is 5. The Hall–Kier alpha value is -3.28. The van der Waals surface area contributed by atoms with Crippen LogP contribution in [0, 0.1) is 24.2 Å². The van der Waals surface area contributed by atoms with Gasteiger partial charge in [0.15, 0.2) is 0 Å². The second kappa shape index (κ2) is 9.88. The maximum Gasteiger partial charge on any atom is 0.302 e. The highest BCUT2D eigenvalue weighted by Gasteiger charge is 2.56. The second-order valence-electron chi connectivity index (χ2n) is 11.2. The Morgan fingerprint density at radius 3 is 2.68 bits per heavy atom. The lowest BCUT2D eigenvalue weighted by Crippen LogP contribution is -2.45. The molecule has 3 aromatic rings. The third kappa shape index (κ3) is 4.62. The van der Waals surface area contributed by atoms with E-state index in [1.165, 1.54) is 37.3 Å². The van der Waals surface area contributed by atoms with Crippen molar-refractivity contribution in [2.24, 2.45) is 17.3 Å². The highest BCUT2D eigenvalue weighted by Crippen LogP contribution is 2.61. The number of pyridine rings is 1. The third-order valence-corrected chi connectivity index (χ3v) is 9.20. The van der Waals surface area contributed by atoms with Crippen LogP contribution < -0.4 is 10.3 Å². The number of nitrogens with one attached hydrogen (secondary N) is 1. The molecule has 5 atom stereocenters. The zero-order valence-electron chi connectivity index (χ0n) is 22.2. The number of phenols is 1. The maximum atomic E-state index is 11.4. The zero-order valence-corrected chi connectivity index (χ0v) is 22.2. The largest absolute Gasteiger partial charge is 0.508 e. The molecule has 1 heterocycles. The molecule has 37 heavy (non-hydrogen) atoms. The van der Waals surface area contributed by atoms with Crippen molar-refractivity contribution in [1.29, 1.82) is 0 Å². The number of aryl methyl sites for hydroxylation is 2. The van der Waals surface area contributed by atoms with Gasteiger partial charge in [-0.1, -0.05) is 25.1 Å². The number of ether oxygens (including phenoxy) is 2. The predicted molar refractivity (Wildman–Crippen MR) is 144 cm³/mol. The van der Waals surface area contributed by atoms with Gasteiger partial charge >= 0.3 is 5.97 Å². The van der Waals surface area contributed by atoms with E-state index in [1.807, 2.05) is 37.3 Å². The van der Waals surface area contributed by atoms with Crippen LogP contribution >= 0.6 is 0 Å². The fourth-order valence-corrected chi connectivity index (χ4v) is 7.51. The summed E-state index contributed by atoms with van der Waals surface area (Å²) in [4.78, 5) is 25.5. The van der Waals surface area contributed by atoms with Gasteiger partial charge in [-0.05, 0) is 98.1 Å². The molecule has 2 N–H and O–H groups in total. The smallest absolute Gasteiger partial charge is 0.302 e. The van der Waals surface area contributed by atoms with Crippen LogP contribution in [0.2, 0.25) is 0 Å². The summed E-state index contributed by atoms with van der Waals surface area (Å²) < 4.78 is 10.8. The summed E-state index contributed by atoms with van der Waals surface area (Å²) in [5, 5.41) is 10.8. The molecule has 196 valence electrons. The van der Waals surface area contributed by atoms with Gasteiger partial charge in [0.1, 0.15) is 17.6 Å². The highest BCUT2D eigenvalue weighted by molar-refractivity contribution is 5.86. The Morgan fingerprint density at radius 2 is 1.92 bits per heavy atom. The topological polar surface area (TPSA) is 88.6 Å². The first kappa shape index (κ1) is 25.4. The standard InChI is InChI=1S/C20H26O3.C11H11NO2/c1-12(21)23-19-8-7-18-17-5-3-13-11-14(22)4-6-15(13)16(17)9-10-20(18,19)2;1-7-6-10(13)12-11-8(7)4-3-5-9(11)14-2/h4,6,11,16-19,22H,3,5,7-10H2,1-2H3;3-6H,1-2H3,(H,12,13). The third-order valence-electron chi connectivity index (χ3n) is 9.20. The predicted octanol–water partition coefficient (Wildman–Crippen LogP) is 6.03. The molecule has 0 radical (unpaired) electrons. The number of aromatic amines is 1. The molecule has 0 saturated heterocycles. The van der Waals surface area contributed by atoms with Crippen LogP contribution in [0.1, 0.15) is 68.6 Å². The average molecular weight is 504 g/mol. The first-order valence-corrected chi connectivity index (χ1v) is 13.4. The minimum atomic E-state index is -0.136. The van der Waals surface area contributed by atoms with Crippen molar-refractivity contribution in [1.82, 2.24) is 4.98 Å². The molecule has 2 fully saturated rings. The van der Waals surface area contributed by atoms with Crippen LogP contribution in [0.15, 0.2) is 47.3 Å². The summed E-state index contributed by atoms with van der Waals surface area (Å²) in [6.45, 7) is 5.80. The second-order valence-corrected chi connectivity index (χ2v) is 11.2. The van der Waals surface area contributed by atoms with E-state index >= 15 is 0 Å². The van der Waals surface area contributed by atoms with Gasteiger partial charge < -0.3 is 19.6 Å². The van der Waals surface area contributed by atoms with Crippen molar-refractivity contribution in [3.63, 3.8) is 0 Å². The van der Waals surface area contributed by atoms with Crippen molar-refractivity contribution >= 4 is 16.9 Å². The van der Waals surface area contributed by atoms with E-state index in [-0.39, 0.29) is 23.0 Å². The van der Waals surface area contributed by atoms with E-state index in [9.17, 15) is 14.7 Å². The number of rotatable bonds is 2. The maximum absolute atomic E-state index is 11.4. The molecule has 3 aliphatic rings. The van der Waals surface area contributed by atoms with Crippen LogP contribution in [-0.4, -0.2) is 29.3 Å². The molecule has 2 aromatic carbocycles. The lowest BCUT2D eigenvalue weighted by atomic mass is 9.55. The first-order chi connectivity index (χ1) is 17.7. The van der Waals surface area contributed by atoms with Gasteiger partial charge in [-0.3, -0.25) is 9.59 Å². The van der Waals surface area contributed by atoms with Gasteiger partial charge in [0.2, 0.25) is 5.56 Å². The number of H-pyrrole nitrogens is 1. The summed E-state index contributed by atoms with van der Waals surface area (Å²) in [6.07, 6.45) is 6.89. The Bertz CT molecular complexity index is 1380. The number of methoxy groups -OCH3 is 1. The summed E-state index contributed by atoms with van der Waals surface area (Å²) in [6, 6.07) is 13.2. The number of hydrogen-bond donors (Lipinski definition) is 2. The van der Waals surface area contributed by atoms with Gasteiger partial charge in [0.05, 0.1) is 12.6 Å². The number of carbonyl (C=O) groups excluding carboxylic acids is 1. The molecule has 6 nitrogen and oxygen atoms in total. The van der Waals surface area contributed by atoms with Crippen molar-refractivity contribution in [2.45, 2.75) is 71.3 Å².